The lowest BCUT2D eigenvalue weighted by atomic mass is 9.99. The molecule has 3 rings (SSSR count). The minimum absolute atomic E-state index is 0.197. The lowest BCUT2D eigenvalue weighted by Gasteiger charge is -2.28. The van der Waals surface area contributed by atoms with E-state index >= 15 is 0 Å². The zero-order chi connectivity index (χ0) is 21.0. The number of rotatable bonds is 6. The standard InChI is InChI=1S/C21H27N3O3S2/c1-4-6-8-16-10-11-18-19(14-16)28-21(24(18)12-5-2)22-20(25)17-9-7-13-23(15-17)29(3,26)27/h2,10-11,14,17H,4,6-9,12-13,15H2,1,3H3. The van der Waals surface area contributed by atoms with Crippen LogP contribution in [0.4, 0.5) is 0 Å². The number of aryl methyl sites for hydroxylation is 1. The van der Waals surface area contributed by atoms with Gasteiger partial charge < -0.3 is 4.57 Å². The molecule has 0 bridgehead atoms. The molecule has 6 nitrogen and oxygen atoms in total. The van der Waals surface area contributed by atoms with Crippen LogP contribution in [0.15, 0.2) is 23.2 Å². The maximum atomic E-state index is 12.8. The van der Waals surface area contributed by atoms with Crippen molar-refractivity contribution in [3.63, 3.8) is 0 Å². The highest BCUT2D eigenvalue weighted by molar-refractivity contribution is 7.88. The summed E-state index contributed by atoms with van der Waals surface area (Å²) in [5.41, 5.74) is 2.24. The van der Waals surface area contributed by atoms with Gasteiger partial charge >= 0.3 is 0 Å². The zero-order valence-electron chi connectivity index (χ0n) is 16.9. The van der Waals surface area contributed by atoms with Gasteiger partial charge in [0, 0.05) is 13.1 Å². The number of amides is 1. The van der Waals surface area contributed by atoms with Gasteiger partial charge in [-0.3, -0.25) is 4.79 Å². The van der Waals surface area contributed by atoms with E-state index in [0.717, 1.165) is 29.5 Å². The Balaban J connectivity index is 1.94. The fourth-order valence-corrected chi connectivity index (χ4v) is 5.62. The number of unbranched alkanes of at least 4 members (excludes halogenated alkanes) is 1. The molecule has 0 radical (unpaired) electrons. The van der Waals surface area contributed by atoms with Crippen LogP contribution < -0.4 is 4.80 Å². The average Bonchev–Trinajstić information content (AvgIpc) is 3.02. The molecule has 0 saturated carbocycles. The molecule has 1 aromatic heterocycles. The van der Waals surface area contributed by atoms with Gasteiger partial charge in [0.1, 0.15) is 0 Å². The van der Waals surface area contributed by atoms with E-state index in [1.807, 2.05) is 10.6 Å². The van der Waals surface area contributed by atoms with Crippen LogP contribution in [0.1, 0.15) is 38.2 Å². The SMILES string of the molecule is C#CCn1c(=NC(=O)C2CCCN(S(C)(=O)=O)C2)sc2cc(CCCC)ccc21. The molecule has 1 saturated heterocycles. The normalized spacial score (nSPS) is 18.8. The number of hydrogen-bond donors (Lipinski definition) is 0. The van der Waals surface area contributed by atoms with Gasteiger partial charge in [-0.15, -0.1) is 6.42 Å². The minimum Gasteiger partial charge on any atom is -0.305 e. The van der Waals surface area contributed by atoms with Gasteiger partial charge in [0.2, 0.25) is 10.0 Å². The van der Waals surface area contributed by atoms with Crippen molar-refractivity contribution in [1.82, 2.24) is 8.87 Å². The number of carbonyl (C=O) groups is 1. The molecular formula is C21H27N3O3S2. The van der Waals surface area contributed by atoms with Crippen molar-refractivity contribution < 1.29 is 13.2 Å². The molecule has 0 N–H and O–H groups in total. The number of fused-ring (bicyclic) bond motifs is 1. The van der Waals surface area contributed by atoms with Gasteiger partial charge in [0.25, 0.3) is 5.91 Å². The van der Waals surface area contributed by atoms with Gasteiger partial charge in [-0.25, -0.2) is 12.7 Å². The summed E-state index contributed by atoms with van der Waals surface area (Å²) in [6.45, 7) is 3.16. The third kappa shape index (κ3) is 5.16. The molecule has 156 valence electrons. The van der Waals surface area contributed by atoms with Crippen LogP contribution in [0, 0.1) is 18.3 Å². The monoisotopic (exact) mass is 433 g/mol. The van der Waals surface area contributed by atoms with Crippen LogP contribution in [-0.2, 0) is 27.8 Å². The Kier molecular flexibility index (Phi) is 6.93. The summed E-state index contributed by atoms with van der Waals surface area (Å²) in [6.07, 6.45) is 11.3. The first-order valence-corrected chi connectivity index (χ1v) is 12.6. The molecule has 1 aliphatic heterocycles. The van der Waals surface area contributed by atoms with Crippen molar-refractivity contribution in [1.29, 1.82) is 0 Å². The number of benzene rings is 1. The molecule has 1 fully saturated rings. The van der Waals surface area contributed by atoms with E-state index < -0.39 is 15.9 Å². The quantitative estimate of drug-likeness (QED) is 0.658. The number of aromatic nitrogens is 1. The second kappa shape index (κ2) is 9.24. The number of sulfonamides is 1. The van der Waals surface area contributed by atoms with Gasteiger partial charge in [-0.2, -0.15) is 4.99 Å². The second-order valence-electron chi connectivity index (χ2n) is 7.49. The summed E-state index contributed by atoms with van der Waals surface area (Å²) in [6, 6.07) is 6.30. The molecule has 1 aliphatic rings. The van der Waals surface area contributed by atoms with Crippen molar-refractivity contribution in [2.24, 2.45) is 10.9 Å². The fraction of sp³-hybridized carbons (Fsp3) is 0.524. The average molecular weight is 434 g/mol. The Morgan fingerprint density at radius 3 is 2.90 bits per heavy atom. The summed E-state index contributed by atoms with van der Waals surface area (Å²) in [5.74, 6) is 1.95. The van der Waals surface area contributed by atoms with Crippen molar-refractivity contribution in [2.45, 2.75) is 45.6 Å². The third-order valence-electron chi connectivity index (χ3n) is 5.22. The van der Waals surface area contributed by atoms with Crippen molar-refractivity contribution in [3.8, 4) is 12.3 Å². The minimum atomic E-state index is -3.30. The molecule has 29 heavy (non-hydrogen) atoms. The summed E-state index contributed by atoms with van der Waals surface area (Å²) in [7, 11) is -3.30. The Morgan fingerprint density at radius 2 is 2.21 bits per heavy atom. The van der Waals surface area contributed by atoms with Crippen LogP contribution in [0.3, 0.4) is 0 Å². The van der Waals surface area contributed by atoms with Gasteiger partial charge in [0.15, 0.2) is 4.80 Å². The van der Waals surface area contributed by atoms with Crippen LogP contribution in [-0.4, -0.2) is 42.5 Å². The number of carbonyl (C=O) groups excluding carboxylic acids is 1. The number of nitrogens with zero attached hydrogens (tertiary/aromatic N) is 3. The summed E-state index contributed by atoms with van der Waals surface area (Å²) in [5, 5.41) is 0. The van der Waals surface area contributed by atoms with Crippen LogP contribution >= 0.6 is 11.3 Å². The van der Waals surface area contributed by atoms with E-state index in [4.69, 9.17) is 6.42 Å². The van der Waals surface area contributed by atoms with Crippen LogP contribution in [0.5, 0.6) is 0 Å². The number of thiazole rings is 1. The number of piperidine rings is 1. The molecule has 1 aromatic carbocycles. The first kappa shape index (κ1) is 21.8. The van der Waals surface area contributed by atoms with E-state index in [9.17, 15) is 13.2 Å². The number of terminal acetylenes is 1. The zero-order valence-corrected chi connectivity index (χ0v) is 18.6. The first-order chi connectivity index (χ1) is 13.8. The Bertz CT molecular complexity index is 1110. The highest BCUT2D eigenvalue weighted by Gasteiger charge is 2.30. The van der Waals surface area contributed by atoms with E-state index in [2.05, 4.69) is 30.0 Å². The van der Waals surface area contributed by atoms with E-state index in [1.54, 1.807) is 0 Å². The second-order valence-corrected chi connectivity index (χ2v) is 10.5. The van der Waals surface area contributed by atoms with Crippen molar-refractivity contribution >= 4 is 37.5 Å². The Labute approximate surface area is 176 Å². The Hall–Kier alpha value is -1.95. The van der Waals surface area contributed by atoms with E-state index in [-0.39, 0.29) is 12.5 Å². The molecule has 0 spiro atoms. The molecule has 1 atom stereocenters. The molecule has 1 amide bonds. The van der Waals surface area contributed by atoms with Gasteiger partial charge in [-0.05, 0) is 43.4 Å². The molecule has 0 aliphatic carbocycles. The molecule has 1 unspecified atom stereocenters. The molecular weight excluding hydrogens is 406 g/mol. The van der Waals surface area contributed by atoms with Crippen molar-refractivity contribution in [2.75, 3.05) is 19.3 Å². The number of hydrogen-bond acceptors (Lipinski definition) is 4. The largest absolute Gasteiger partial charge is 0.305 e. The predicted octanol–water partition coefficient (Wildman–Crippen LogP) is 2.78. The Morgan fingerprint density at radius 1 is 1.41 bits per heavy atom. The lowest BCUT2D eigenvalue weighted by molar-refractivity contribution is -0.122. The maximum Gasteiger partial charge on any atom is 0.252 e. The summed E-state index contributed by atoms with van der Waals surface area (Å²) < 4.78 is 28.0. The van der Waals surface area contributed by atoms with Crippen LogP contribution in [0.2, 0.25) is 0 Å². The van der Waals surface area contributed by atoms with E-state index in [1.165, 1.54) is 27.5 Å². The van der Waals surface area contributed by atoms with Crippen LogP contribution in [0.25, 0.3) is 10.2 Å². The molecule has 8 heteroatoms. The van der Waals surface area contributed by atoms with Gasteiger partial charge in [-0.1, -0.05) is 36.7 Å². The lowest BCUT2D eigenvalue weighted by Crippen LogP contribution is -2.41. The molecule has 2 heterocycles. The van der Waals surface area contributed by atoms with Crippen molar-refractivity contribution in [3.05, 3.63) is 28.6 Å². The summed E-state index contributed by atoms with van der Waals surface area (Å²) >= 11 is 1.46. The highest BCUT2D eigenvalue weighted by atomic mass is 32.2. The third-order valence-corrected chi connectivity index (χ3v) is 7.53. The smallest absolute Gasteiger partial charge is 0.252 e. The van der Waals surface area contributed by atoms with Gasteiger partial charge in [0.05, 0.1) is 28.9 Å². The maximum absolute atomic E-state index is 12.8. The highest BCUT2D eigenvalue weighted by Crippen LogP contribution is 2.22. The van der Waals surface area contributed by atoms with E-state index in [0.29, 0.717) is 30.7 Å². The fourth-order valence-electron chi connectivity index (χ4n) is 3.61. The first-order valence-electron chi connectivity index (χ1n) is 9.93. The molecule has 2 aromatic rings. The topological polar surface area (TPSA) is 71.7 Å². The predicted molar refractivity (Wildman–Crippen MR) is 117 cm³/mol. The summed E-state index contributed by atoms with van der Waals surface area (Å²) in [4.78, 5) is 17.8.